The Bertz CT molecular complexity index is 760. The van der Waals surface area contributed by atoms with Crippen LogP contribution in [0, 0.1) is 5.92 Å². The lowest BCUT2D eigenvalue weighted by molar-refractivity contribution is -0.138. The summed E-state index contributed by atoms with van der Waals surface area (Å²) in [5.41, 5.74) is 2.77. The molecule has 0 aliphatic carbocycles. The number of amides is 1. The molecule has 1 saturated heterocycles. The van der Waals surface area contributed by atoms with E-state index in [1.807, 2.05) is 17.2 Å². The van der Waals surface area contributed by atoms with Crippen molar-refractivity contribution in [3.8, 4) is 11.6 Å². The van der Waals surface area contributed by atoms with E-state index in [1.54, 1.807) is 11.9 Å². The maximum absolute atomic E-state index is 12.7. The van der Waals surface area contributed by atoms with Crippen molar-refractivity contribution in [3.63, 3.8) is 0 Å². The number of pyridine rings is 1. The second-order valence-electron chi connectivity index (χ2n) is 7.38. The van der Waals surface area contributed by atoms with E-state index in [0.29, 0.717) is 25.7 Å². The van der Waals surface area contributed by atoms with Crippen LogP contribution in [0.25, 0.3) is 0 Å². The van der Waals surface area contributed by atoms with Gasteiger partial charge in [-0.1, -0.05) is 0 Å². The first kappa shape index (κ1) is 17.3. The van der Waals surface area contributed by atoms with Crippen LogP contribution in [0.15, 0.2) is 28.3 Å². The van der Waals surface area contributed by atoms with Gasteiger partial charge in [-0.2, -0.15) is 0 Å². The zero-order valence-electron chi connectivity index (χ0n) is 15.2. The number of fused-ring (bicyclic) bond motifs is 1. The Kier molecular flexibility index (Phi) is 4.71. The van der Waals surface area contributed by atoms with Gasteiger partial charge in [0.15, 0.2) is 5.75 Å². The molecule has 5 heterocycles. The van der Waals surface area contributed by atoms with Crippen molar-refractivity contribution in [2.75, 3.05) is 52.6 Å². The van der Waals surface area contributed by atoms with Crippen LogP contribution in [0.1, 0.15) is 12.8 Å². The predicted molar refractivity (Wildman–Crippen MR) is 99.8 cm³/mol. The highest BCUT2D eigenvalue weighted by Crippen LogP contribution is 2.37. The summed E-state index contributed by atoms with van der Waals surface area (Å²) >= 11 is 1.69. The Hall–Kier alpha value is -1.77. The summed E-state index contributed by atoms with van der Waals surface area (Å²) < 4.78 is 18.9. The second kappa shape index (κ2) is 7.33. The monoisotopic (exact) mass is 389 g/mol. The molecule has 1 fully saturated rings. The van der Waals surface area contributed by atoms with Gasteiger partial charge in [0.05, 0.1) is 12.5 Å². The maximum atomic E-state index is 12.7. The fraction of sp³-hybridized carbons (Fsp3) is 0.579. The summed E-state index contributed by atoms with van der Waals surface area (Å²) in [6.07, 6.45) is 3.78. The second-order valence-corrected chi connectivity index (χ2v) is 8.55. The molecule has 0 aromatic carbocycles. The summed E-state index contributed by atoms with van der Waals surface area (Å²) in [5, 5.41) is 0. The van der Waals surface area contributed by atoms with Gasteiger partial charge in [0.2, 0.25) is 5.91 Å². The SMILES string of the molecule is O=C([C@@H]1CCCOC1)N1CC2=C(CN(Sc3cnc4c(c3)OCCO4)C2)C1. The Morgan fingerprint density at radius 3 is 2.70 bits per heavy atom. The average Bonchev–Trinajstić information content (AvgIpc) is 3.26. The zero-order chi connectivity index (χ0) is 18.2. The highest BCUT2D eigenvalue weighted by atomic mass is 32.2. The molecule has 0 N–H and O–H groups in total. The lowest BCUT2D eigenvalue weighted by Gasteiger charge is -2.28. The third-order valence-electron chi connectivity index (χ3n) is 5.43. The van der Waals surface area contributed by atoms with Crippen LogP contribution >= 0.6 is 11.9 Å². The van der Waals surface area contributed by atoms with Crippen LogP contribution < -0.4 is 9.47 Å². The van der Waals surface area contributed by atoms with Gasteiger partial charge in [0.25, 0.3) is 5.88 Å². The Morgan fingerprint density at radius 2 is 1.93 bits per heavy atom. The highest BCUT2D eigenvalue weighted by molar-refractivity contribution is 7.97. The first-order chi connectivity index (χ1) is 13.3. The molecule has 0 bridgehead atoms. The van der Waals surface area contributed by atoms with Crippen molar-refractivity contribution in [2.45, 2.75) is 17.7 Å². The van der Waals surface area contributed by atoms with E-state index >= 15 is 0 Å². The van der Waals surface area contributed by atoms with Gasteiger partial charge in [-0.05, 0) is 35.9 Å². The molecule has 5 rings (SSSR count). The van der Waals surface area contributed by atoms with Crippen LogP contribution in [0.2, 0.25) is 0 Å². The average molecular weight is 389 g/mol. The van der Waals surface area contributed by atoms with E-state index in [4.69, 9.17) is 14.2 Å². The molecule has 27 heavy (non-hydrogen) atoms. The summed E-state index contributed by atoms with van der Waals surface area (Å²) in [4.78, 5) is 20.1. The van der Waals surface area contributed by atoms with Gasteiger partial charge in [-0.25, -0.2) is 9.29 Å². The maximum Gasteiger partial charge on any atom is 0.257 e. The quantitative estimate of drug-likeness (QED) is 0.576. The van der Waals surface area contributed by atoms with Crippen LogP contribution in [0.4, 0.5) is 0 Å². The van der Waals surface area contributed by atoms with Gasteiger partial charge in [0, 0.05) is 49.9 Å². The number of aromatic nitrogens is 1. The molecule has 1 atom stereocenters. The number of ether oxygens (including phenoxy) is 3. The molecule has 144 valence electrons. The first-order valence-electron chi connectivity index (χ1n) is 9.51. The molecule has 8 heteroatoms. The molecule has 0 spiro atoms. The molecule has 7 nitrogen and oxygen atoms in total. The van der Waals surface area contributed by atoms with Crippen molar-refractivity contribution in [1.82, 2.24) is 14.2 Å². The lowest BCUT2D eigenvalue weighted by Crippen LogP contribution is -2.40. The topological polar surface area (TPSA) is 64.1 Å². The van der Waals surface area contributed by atoms with Crippen LogP contribution in [-0.4, -0.2) is 72.7 Å². The lowest BCUT2D eigenvalue weighted by atomic mass is 10.0. The normalized spacial score (nSPS) is 25.0. The summed E-state index contributed by atoms with van der Waals surface area (Å²) in [6, 6.07) is 1.99. The molecule has 1 aromatic heterocycles. The van der Waals surface area contributed by atoms with Crippen molar-refractivity contribution in [2.24, 2.45) is 5.92 Å². The van der Waals surface area contributed by atoms with Crippen LogP contribution in [0.5, 0.6) is 11.6 Å². The molecule has 4 aliphatic rings. The number of carbonyl (C=O) groups excluding carboxylic acids is 1. The molecule has 4 aliphatic heterocycles. The van der Waals surface area contributed by atoms with Crippen molar-refractivity contribution in [3.05, 3.63) is 23.4 Å². The molecular weight excluding hydrogens is 366 g/mol. The summed E-state index contributed by atoms with van der Waals surface area (Å²) in [5.74, 6) is 1.61. The number of hydrogen-bond donors (Lipinski definition) is 0. The molecule has 1 aromatic rings. The van der Waals surface area contributed by atoms with Gasteiger partial charge < -0.3 is 19.1 Å². The van der Waals surface area contributed by atoms with Crippen LogP contribution in [0.3, 0.4) is 0 Å². The number of nitrogens with zero attached hydrogens (tertiary/aromatic N) is 3. The van der Waals surface area contributed by atoms with E-state index in [0.717, 1.165) is 56.3 Å². The summed E-state index contributed by atoms with van der Waals surface area (Å²) in [6.45, 7) is 5.80. The van der Waals surface area contributed by atoms with E-state index in [9.17, 15) is 4.79 Å². The molecular formula is C19H23N3O4S. The van der Waals surface area contributed by atoms with Gasteiger partial charge in [0.1, 0.15) is 13.2 Å². The van der Waals surface area contributed by atoms with E-state index in [-0.39, 0.29) is 11.8 Å². The fourth-order valence-electron chi connectivity index (χ4n) is 4.07. The summed E-state index contributed by atoms with van der Waals surface area (Å²) in [7, 11) is 0. The van der Waals surface area contributed by atoms with Crippen LogP contribution in [-0.2, 0) is 9.53 Å². The number of hydrogen-bond acceptors (Lipinski definition) is 7. The highest BCUT2D eigenvalue weighted by Gasteiger charge is 2.35. The van der Waals surface area contributed by atoms with Gasteiger partial charge in [-0.3, -0.25) is 4.79 Å². The van der Waals surface area contributed by atoms with Crippen molar-refractivity contribution >= 4 is 17.9 Å². The minimum Gasteiger partial charge on any atom is -0.484 e. The molecule has 0 radical (unpaired) electrons. The third-order valence-corrected chi connectivity index (χ3v) is 6.38. The smallest absolute Gasteiger partial charge is 0.257 e. The fourth-order valence-corrected chi connectivity index (χ4v) is 5.07. The Morgan fingerprint density at radius 1 is 1.11 bits per heavy atom. The standard InChI is InChI=1S/C19H23N3O4S/c23-19(13-2-1-3-24-12-13)21-8-14-10-22(11-15(14)9-21)27-16-6-17-18(20-7-16)26-5-4-25-17/h6-7,13H,1-5,8-12H2/t13-/m1/s1. The van der Waals surface area contributed by atoms with Crippen molar-refractivity contribution in [1.29, 1.82) is 0 Å². The zero-order valence-corrected chi connectivity index (χ0v) is 16.0. The predicted octanol–water partition coefficient (Wildman–Crippen LogP) is 1.74. The largest absolute Gasteiger partial charge is 0.484 e. The number of carbonyl (C=O) groups is 1. The molecule has 0 unspecified atom stereocenters. The molecule has 0 saturated carbocycles. The van der Waals surface area contributed by atoms with E-state index in [2.05, 4.69) is 9.29 Å². The van der Waals surface area contributed by atoms with Crippen molar-refractivity contribution < 1.29 is 19.0 Å². The minimum atomic E-state index is 0.0491. The third kappa shape index (κ3) is 3.53. The minimum absolute atomic E-state index is 0.0491. The Labute approximate surface area is 162 Å². The first-order valence-corrected chi connectivity index (χ1v) is 10.3. The van der Waals surface area contributed by atoms with E-state index in [1.165, 1.54) is 11.1 Å². The number of rotatable bonds is 3. The van der Waals surface area contributed by atoms with E-state index < -0.39 is 0 Å². The van der Waals surface area contributed by atoms with Gasteiger partial charge >= 0.3 is 0 Å². The van der Waals surface area contributed by atoms with Gasteiger partial charge in [-0.15, -0.1) is 0 Å². The Balaban J connectivity index is 1.16. The molecule has 1 amide bonds.